The molecule has 0 radical (unpaired) electrons. The summed E-state index contributed by atoms with van der Waals surface area (Å²) in [7, 11) is 0. The quantitative estimate of drug-likeness (QED) is 0.739. The van der Waals surface area contributed by atoms with Gasteiger partial charge in [-0.25, -0.2) is 9.18 Å². The molecular weight excluding hydrogens is 187 g/mol. The van der Waals surface area contributed by atoms with Gasteiger partial charge in [0.2, 0.25) is 0 Å². The van der Waals surface area contributed by atoms with Crippen LogP contribution in [0.1, 0.15) is 32.7 Å². The first kappa shape index (κ1) is 8.87. The van der Waals surface area contributed by atoms with Crippen molar-refractivity contribution in [3.05, 3.63) is 34.6 Å². The number of carboxylic acids is 1. The fraction of sp³-hybridized carbons (Fsp3) is 0.200. The third kappa shape index (κ3) is 1.11. The number of Topliss-reactive ketones (excluding diaryl/α,β-unsaturated/α-hetero) is 1. The number of benzene rings is 1. The first-order chi connectivity index (χ1) is 6.61. The molecule has 1 N–H and O–H groups in total. The summed E-state index contributed by atoms with van der Waals surface area (Å²) in [6, 6.07) is 2.24. The van der Waals surface area contributed by atoms with Gasteiger partial charge in [-0.2, -0.15) is 0 Å². The molecule has 0 saturated heterocycles. The standard InChI is InChI=1S/C10H7FO3/c11-7-3-1-6(10(13)14)9-5(7)2-4-8(9)12/h1,3H,2,4H2,(H,13,14). The Morgan fingerprint density at radius 1 is 1.36 bits per heavy atom. The Morgan fingerprint density at radius 2 is 2.07 bits per heavy atom. The number of hydrogen-bond acceptors (Lipinski definition) is 2. The summed E-state index contributed by atoms with van der Waals surface area (Å²) in [5.74, 6) is -1.95. The minimum absolute atomic E-state index is 0.0532. The lowest BCUT2D eigenvalue weighted by Crippen LogP contribution is -2.06. The smallest absolute Gasteiger partial charge is 0.336 e. The predicted octanol–water partition coefficient (Wildman–Crippen LogP) is 1.65. The van der Waals surface area contributed by atoms with Crippen LogP contribution in [0.2, 0.25) is 0 Å². The van der Waals surface area contributed by atoms with Gasteiger partial charge in [-0.3, -0.25) is 4.79 Å². The van der Waals surface area contributed by atoms with Gasteiger partial charge in [-0.05, 0) is 24.1 Å². The van der Waals surface area contributed by atoms with Crippen LogP contribution in [0.4, 0.5) is 4.39 Å². The fourth-order valence-electron chi connectivity index (χ4n) is 1.73. The Morgan fingerprint density at radius 3 is 2.71 bits per heavy atom. The normalized spacial score (nSPS) is 14.2. The maximum atomic E-state index is 13.2. The molecular formula is C10H7FO3. The van der Waals surface area contributed by atoms with E-state index in [1.165, 1.54) is 0 Å². The fourth-order valence-corrected chi connectivity index (χ4v) is 1.73. The summed E-state index contributed by atoms with van der Waals surface area (Å²) in [5.41, 5.74) is 0.205. The average molecular weight is 194 g/mol. The Kier molecular flexibility index (Phi) is 1.84. The summed E-state index contributed by atoms with van der Waals surface area (Å²) in [4.78, 5) is 22.1. The van der Waals surface area contributed by atoms with E-state index < -0.39 is 11.8 Å². The van der Waals surface area contributed by atoms with E-state index >= 15 is 0 Å². The molecule has 3 nitrogen and oxygen atoms in total. The van der Waals surface area contributed by atoms with Crippen molar-refractivity contribution in [2.75, 3.05) is 0 Å². The van der Waals surface area contributed by atoms with Crippen molar-refractivity contribution in [2.45, 2.75) is 12.8 Å². The predicted molar refractivity (Wildman–Crippen MR) is 46.0 cm³/mol. The van der Waals surface area contributed by atoms with Crippen LogP contribution in [0.25, 0.3) is 0 Å². The maximum absolute atomic E-state index is 13.2. The largest absolute Gasteiger partial charge is 0.478 e. The molecule has 0 saturated carbocycles. The molecule has 0 atom stereocenters. The zero-order valence-electron chi connectivity index (χ0n) is 7.21. The van der Waals surface area contributed by atoms with E-state index in [0.717, 1.165) is 12.1 Å². The molecule has 0 fully saturated rings. The van der Waals surface area contributed by atoms with Crippen LogP contribution in [0.5, 0.6) is 0 Å². The molecule has 0 bridgehead atoms. The first-order valence-corrected chi connectivity index (χ1v) is 4.19. The number of carbonyl (C=O) groups excluding carboxylic acids is 1. The lowest BCUT2D eigenvalue weighted by atomic mass is 10.0. The number of carbonyl (C=O) groups is 2. The molecule has 0 heterocycles. The van der Waals surface area contributed by atoms with Gasteiger partial charge in [-0.1, -0.05) is 0 Å². The maximum Gasteiger partial charge on any atom is 0.336 e. The summed E-state index contributed by atoms with van der Waals surface area (Å²) >= 11 is 0. The van der Waals surface area contributed by atoms with E-state index in [-0.39, 0.29) is 28.9 Å². The minimum Gasteiger partial charge on any atom is -0.478 e. The highest BCUT2D eigenvalue weighted by molar-refractivity contribution is 6.08. The minimum atomic E-state index is -1.18. The van der Waals surface area contributed by atoms with Crippen LogP contribution in [0.3, 0.4) is 0 Å². The lowest BCUT2D eigenvalue weighted by Gasteiger charge is -2.03. The third-order valence-corrected chi connectivity index (χ3v) is 2.37. The van der Waals surface area contributed by atoms with Gasteiger partial charge in [0.25, 0.3) is 0 Å². The zero-order valence-corrected chi connectivity index (χ0v) is 7.21. The van der Waals surface area contributed by atoms with Crippen molar-refractivity contribution < 1.29 is 19.1 Å². The Bertz CT molecular complexity index is 437. The first-order valence-electron chi connectivity index (χ1n) is 4.19. The van der Waals surface area contributed by atoms with E-state index in [1.807, 2.05) is 0 Å². The van der Waals surface area contributed by atoms with Crippen molar-refractivity contribution in [1.29, 1.82) is 0 Å². The Labute approximate surface area is 79.2 Å². The van der Waals surface area contributed by atoms with E-state index in [1.54, 1.807) is 0 Å². The second-order valence-electron chi connectivity index (χ2n) is 3.18. The van der Waals surface area contributed by atoms with Crippen LogP contribution < -0.4 is 0 Å². The number of fused-ring (bicyclic) bond motifs is 1. The second kappa shape index (κ2) is 2.90. The lowest BCUT2D eigenvalue weighted by molar-refractivity contribution is 0.0692. The summed E-state index contributed by atoms with van der Waals surface area (Å²) in [5, 5.41) is 8.78. The van der Waals surface area contributed by atoms with Crippen LogP contribution in [0, 0.1) is 5.82 Å². The number of halogens is 1. The molecule has 1 aliphatic carbocycles. The highest BCUT2D eigenvalue weighted by Gasteiger charge is 2.28. The topological polar surface area (TPSA) is 54.4 Å². The van der Waals surface area contributed by atoms with Crippen LogP contribution >= 0.6 is 0 Å². The molecule has 0 aliphatic heterocycles. The Balaban J connectivity index is 2.72. The molecule has 1 aromatic rings. The van der Waals surface area contributed by atoms with E-state index in [4.69, 9.17) is 5.11 Å². The average Bonchev–Trinajstić information content (AvgIpc) is 2.50. The molecule has 1 aromatic carbocycles. The van der Waals surface area contributed by atoms with Gasteiger partial charge in [0.15, 0.2) is 5.78 Å². The van der Waals surface area contributed by atoms with E-state index in [0.29, 0.717) is 6.42 Å². The molecule has 0 aromatic heterocycles. The third-order valence-electron chi connectivity index (χ3n) is 2.37. The molecule has 4 heteroatoms. The molecule has 14 heavy (non-hydrogen) atoms. The summed E-state index contributed by atoms with van der Waals surface area (Å²) in [6.07, 6.45) is 0.512. The van der Waals surface area contributed by atoms with E-state index in [2.05, 4.69) is 0 Å². The summed E-state index contributed by atoms with van der Waals surface area (Å²) < 4.78 is 13.2. The van der Waals surface area contributed by atoms with Gasteiger partial charge in [-0.15, -0.1) is 0 Å². The van der Waals surface area contributed by atoms with Gasteiger partial charge >= 0.3 is 5.97 Å². The van der Waals surface area contributed by atoms with Gasteiger partial charge in [0.05, 0.1) is 5.56 Å². The van der Waals surface area contributed by atoms with Gasteiger partial charge in [0.1, 0.15) is 5.82 Å². The molecule has 0 amide bonds. The zero-order chi connectivity index (χ0) is 10.3. The molecule has 72 valence electrons. The van der Waals surface area contributed by atoms with Gasteiger partial charge in [0, 0.05) is 12.0 Å². The Hall–Kier alpha value is -1.71. The number of hydrogen-bond donors (Lipinski definition) is 1. The van der Waals surface area contributed by atoms with Crippen molar-refractivity contribution in [2.24, 2.45) is 0 Å². The van der Waals surface area contributed by atoms with E-state index in [9.17, 15) is 14.0 Å². The van der Waals surface area contributed by atoms with Crippen molar-refractivity contribution in [3.63, 3.8) is 0 Å². The monoisotopic (exact) mass is 194 g/mol. The molecule has 0 spiro atoms. The van der Waals surface area contributed by atoms with Crippen molar-refractivity contribution >= 4 is 11.8 Å². The van der Waals surface area contributed by atoms with Crippen molar-refractivity contribution in [3.8, 4) is 0 Å². The van der Waals surface area contributed by atoms with Gasteiger partial charge < -0.3 is 5.11 Å². The number of carboxylic acid groups (broad SMARTS) is 1. The highest BCUT2D eigenvalue weighted by atomic mass is 19.1. The second-order valence-corrected chi connectivity index (χ2v) is 3.18. The molecule has 1 aliphatic rings. The van der Waals surface area contributed by atoms with Crippen molar-refractivity contribution in [1.82, 2.24) is 0 Å². The SMILES string of the molecule is O=C(O)c1ccc(F)c2c1C(=O)CC2. The number of aromatic carboxylic acids is 1. The molecule has 2 rings (SSSR count). The number of ketones is 1. The van der Waals surface area contributed by atoms with Crippen LogP contribution in [-0.4, -0.2) is 16.9 Å². The highest BCUT2D eigenvalue weighted by Crippen LogP contribution is 2.27. The summed E-state index contributed by atoms with van der Waals surface area (Å²) in [6.45, 7) is 0. The van der Waals surface area contributed by atoms with Crippen LogP contribution in [-0.2, 0) is 6.42 Å². The molecule has 0 unspecified atom stereocenters. The van der Waals surface area contributed by atoms with Crippen LogP contribution in [0.15, 0.2) is 12.1 Å². The number of rotatable bonds is 1.